The Hall–Kier alpha value is -2.37. The van der Waals surface area contributed by atoms with Crippen molar-refractivity contribution < 1.29 is 24.1 Å². The standard InChI is InChI=1S/C19H22O5/c1-2-23-19(21)17-5-3-15(4-6-17)16-7-9-18(10-8-16)24-14-13-22-12-11-20/h3-10,20H,2,11-14H2,1H3. The number of carbonyl (C=O) groups is 1. The molecule has 2 aromatic rings. The molecule has 2 aromatic carbocycles. The number of hydrogen-bond acceptors (Lipinski definition) is 5. The first kappa shape index (κ1) is 18.0. The van der Waals surface area contributed by atoms with E-state index in [0.717, 1.165) is 16.9 Å². The van der Waals surface area contributed by atoms with Crippen LogP contribution in [0.15, 0.2) is 48.5 Å². The smallest absolute Gasteiger partial charge is 0.338 e. The van der Waals surface area contributed by atoms with Gasteiger partial charge in [0.2, 0.25) is 0 Å². The molecule has 5 heteroatoms. The van der Waals surface area contributed by atoms with Crippen molar-refractivity contribution in [2.45, 2.75) is 6.92 Å². The van der Waals surface area contributed by atoms with Gasteiger partial charge >= 0.3 is 5.97 Å². The van der Waals surface area contributed by atoms with Gasteiger partial charge in [-0.1, -0.05) is 24.3 Å². The van der Waals surface area contributed by atoms with Crippen LogP contribution in [0.2, 0.25) is 0 Å². The number of rotatable bonds is 9. The summed E-state index contributed by atoms with van der Waals surface area (Å²) >= 11 is 0. The molecule has 0 fully saturated rings. The molecule has 0 aliphatic carbocycles. The molecule has 0 unspecified atom stereocenters. The Morgan fingerprint density at radius 1 is 0.917 bits per heavy atom. The topological polar surface area (TPSA) is 65.0 Å². The van der Waals surface area contributed by atoms with Gasteiger partial charge in [-0.25, -0.2) is 4.79 Å². The molecule has 0 heterocycles. The minimum absolute atomic E-state index is 0.0175. The quantitative estimate of drug-likeness (QED) is 0.566. The fourth-order valence-electron chi connectivity index (χ4n) is 2.14. The highest BCUT2D eigenvalue weighted by molar-refractivity contribution is 5.90. The number of esters is 1. The molecule has 0 saturated carbocycles. The van der Waals surface area contributed by atoms with E-state index in [1.54, 1.807) is 19.1 Å². The lowest BCUT2D eigenvalue weighted by atomic mass is 10.0. The third-order valence-electron chi connectivity index (χ3n) is 3.32. The average Bonchev–Trinajstić information content (AvgIpc) is 2.62. The lowest BCUT2D eigenvalue weighted by Crippen LogP contribution is -2.08. The minimum atomic E-state index is -0.309. The number of ether oxygens (including phenoxy) is 3. The second-order valence-corrected chi connectivity index (χ2v) is 5.01. The summed E-state index contributed by atoms with van der Waals surface area (Å²) in [4.78, 5) is 11.6. The summed E-state index contributed by atoms with van der Waals surface area (Å²) in [5.74, 6) is 0.450. The van der Waals surface area contributed by atoms with Crippen molar-refractivity contribution >= 4 is 5.97 Å². The first-order valence-corrected chi connectivity index (χ1v) is 7.93. The van der Waals surface area contributed by atoms with E-state index in [1.807, 2.05) is 36.4 Å². The Morgan fingerprint density at radius 2 is 1.54 bits per heavy atom. The van der Waals surface area contributed by atoms with Gasteiger partial charge in [0.1, 0.15) is 12.4 Å². The Kier molecular flexibility index (Phi) is 7.26. The molecule has 0 aliphatic heterocycles. The molecule has 0 aromatic heterocycles. The molecule has 0 aliphatic rings. The van der Waals surface area contributed by atoms with Crippen molar-refractivity contribution in [2.75, 3.05) is 33.0 Å². The largest absolute Gasteiger partial charge is 0.491 e. The van der Waals surface area contributed by atoms with Gasteiger partial charge in [0.25, 0.3) is 0 Å². The van der Waals surface area contributed by atoms with Gasteiger partial charge in [0.05, 0.1) is 32.0 Å². The molecular formula is C19H22O5. The normalized spacial score (nSPS) is 10.4. The van der Waals surface area contributed by atoms with Crippen molar-refractivity contribution in [2.24, 2.45) is 0 Å². The molecule has 128 valence electrons. The van der Waals surface area contributed by atoms with Gasteiger partial charge in [-0.05, 0) is 42.3 Å². The summed E-state index contributed by atoms with van der Waals surface area (Å²) in [5.41, 5.74) is 2.60. The molecule has 0 bridgehead atoms. The van der Waals surface area contributed by atoms with Crippen molar-refractivity contribution in [1.82, 2.24) is 0 Å². The summed E-state index contributed by atoms with van der Waals surface area (Å²) in [7, 11) is 0. The molecule has 0 radical (unpaired) electrons. The lowest BCUT2D eigenvalue weighted by molar-refractivity contribution is 0.0526. The van der Waals surface area contributed by atoms with Gasteiger partial charge in [0, 0.05) is 0 Å². The molecule has 1 N–H and O–H groups in total. The van der Waals surface area contributed by atoms with E-state index >= 15 is 0 Å². The number of aliphatic hydroxyl groups excluding tert-OH is 1. The third kappa shape index (κ3) is 5.37. The number of benzene rings is 2. The predicted octanol–water partition coefficient (Wildman–Crippen LogP) is 2.92. The third-order valence-corrected chi connectivity index (χ3v) is 3.32. The summed E-state index contributed by atoms with van der Waals surface area (Å²) in [5, 5.41) is 8.60. The van der Waals surface area contributed by atoms with Crippen LogP contribution >= 0.6 is 0 Å². The Labute approximate surface area is 141 Å². The molecule has 0 spiro atoms. The van der Waals surface area contributed by atoms with E-state index in [0.29, 0.717) is 32.0 Å². The molecular weight excluding hydrogens is 308 g/mol. The van der Waals surface area contributed by atoms with Gasteiger partial charge in [0.15, 0.2) is 0 Å². The van der Waals surface area contributed by atoms with Crippen LogP contribution in [-0.4, -0.2) is 44.1 Å². The zero-order valence-electron chi connectivity index (χ0n) is 13.7. The maximum atomic E-state index is 11.6. The van der Waals surface area contributed by atoms with E-state index in [4.69, 9.17) is 19.3 Å². The fraction of sp³-hybridized carbons (Fsp3) is 0.316. The van der Waals surface area contributed by atoms with Crippen LogP contribution < -0.4 is 4.74 Å². The van der Waals surface area contributed by atoms with E-state index in [-0.39, 0.29) is 12.6 Å². The van der Waals surface area contributed by atoms with Crippen LogP contribution in [0.1, 0.15) is 17.3 Å². The highest BCUT2D eigenvalue weighted by Crippen LogP contribution is 2.23. The second kappa shape index (κ2) is 9.70. The zero-order valence-corrected chi connectivity index (χ0v) is 13.7. The zero-order chi connectivity index (χ0) is 17.2. The Morgan fingerprint density at radius 3 is 2.12 bits per heavy atom. The lowest BCUT2D eigenvalue weighted by Gasteiger charge is -2.08. The van der Waals surface area contributed by atoms with Crippen LogP contribution in [0, 0.1) is 0 Å². The molecule has 0 atom stereocenters. The van der Waals surface area contributed by atoms with Gasteiger partial charge in [-0.2, -0.15) is 0 Å². The van der Waals surface area contributed by atoms with E-state index in [9.17, 15) is 4.79 Å². The first-order valence-electron chi connectivity index (χ1n) is 7.93. The van der Waals surface area contributed by atoms with Crippen LogP contribution in [0.3, 0.4) is 0 Å². The molecule has 2 rings (SSSR count). The monoisotopic (exact) mass is 330 g/mol. The van der Waals surface area contributed by atoms with Gasteiger partial charge in [-0.3, -0.25) is 0 Å². The summed E-state index contributed by atoms with van der Waals surface area (Å²) in [6.07, 6.45) is 0. The molecule has 0 amide bonds. The summed E-state index contributed by atoms with van der Waals surface area (Å²) < 4.78 is 15.7. The van der Waals surface area contributed by atoms with Gasteiger partial charge < -0.3 is 19.3 Å². The first-order chi connectivity index (χ1) is 11.7. The maximum absolute atomic E-state index is 11.6. The van der Waals surface area contributed by atoms with Crippen LogP contribution in [0.4, 0.5) is 0 Å². The summed E-state index contributed by atoms with van der Waals surface area (Å²) in [6, 6.07) is 15.0. The highest BCUT2D eigenvalue weighted by atomic mass is 16.5. The van der Waals surface area contributed by atoms with Gasteiger partial charge in [-0.15, -0.1) is 0 Å². The minimum Gasteiger partial charge on any atom is -0.491 e. The second-order valence-electron chi connectivity index (χ2n) is 5.01. The number of hydrogen-bond donors (Lipinski definition) is 1. The molecule has 24 heavy (non-hydrogen) atoms. The van der Waals surface area contributed by atoms with Crippen LogP contribution in [0.5, 0.6) is 5.75 Å². The number of aliphatic hydroxyl groups is 1. The highest BCUT2D eigenvalue weighted by Gasteiger charge is 2.06. The molecule has 0 saturated heterocycles. The summed E-state index contributed by atoms with van der Waals surface area (Å²) in [6.45, 7) is 3.38. The van der Waals surface area contributed by atoms with E-state index in [2.05, 4.69) is 0 Å². The Balaban J connectivity index is 1.91. The average molecular weight is 330 g/mol. The van der Waals surface area contributed by atoms with Crippen molar-refractivity contribution in [3.05, 3.63) is 54.1 Å². The fourth-order valence-corrected chi connectivity index (χ4v) is 2.14. The van der Waals surface area contributed by atoms with Crippen molar-refractivity contribution in [1.29, 1.82) is 0 Å². The van der Waals surface area contributed by atoms with Crippen molar-refractivity contribution in [3.8, 4) is 16.9 Å². The van der Waals surface area contributed by atoms with Crippen molar-refractivity contribution in [3.63, 3.8) is 0 Å². The molecule has 5 nitrogen and oxygen atoms in total. The SMILES string of the molecule is CCOC(=O)c1ccc(-c2ccc(OCCOCCO)cc2)cc1. The van der Waals surface area contributed by atoms with Crippen LogP contribution in [0.25, 0.3) is 11.1 Å². The maximum Gasteiger partial charge on any atom is 0.338 e. The van der Waals surface area contributed by atoms with Crippen LogP contribution in [-0.2, 0) is 9.47 Å². The Bertz CT molecular complexity index is 619. The predicted molar refractivity (Wildman–Crippen MR) is 91.2 cm³/mol. The van der Waals surface area contributed by atoms with E-state index in [1.165, 1.54) is 0 Å². The number of carbonyl (C=O) groups excluding carboxylic acids is 1. The van der Waals surface area contributed by atoms with E-state index < -0.39 is 0 Å².